The third-order valence-corrected chi connectivity index (χ3v) is 9.89. The lowest BCUT2D eigenvalue weighted by Gasteiger charge is -2.11. The Kier molecular flexibility index (Phi) is 10.4. The van der Waals surface area contributed by atoms with E-state index in [4.69, 9.17) is 11.5 Å². The number of phenols is 2. The van der Waals surface area contributed by atoms with E-state index >= 15 is 0 Å². The maximum absolute atomic E-state index is 13.1. The van der Waals surface area contributed by atoms with Crippen LogP contribution < -0.4 is 22.1 Å². The van der Waals surface area contributed by atoms with Crippen molar-refractivity contribution in [3.63, 3.8) is 0 Å². The highest BCUT2D eigenvalue weighted by Crippen LogP contribution is 2.42. The molecule has 0 aromatic heterocycles. The molecule has 58 heavy (non-hydrogen) atoms. The predicted octanol–water partition coefficient (Wildman–Crippen LogP) is 6.93. The van der Waals surface area contributed by atoms with Crippen molar-refractivity contribution in [1.82, 2.24) is 0 Å². The number of carboxylic acids is 2. The minimum atomic E-state index is -4.69. The molecule has 0 aliphatic rings. The molecule has 0 bridgehead atoms. The third kappa shape index (κ3) is 8.26. The van der Waals surface area contributed by atoms with Gasteiger partial charge in [0, 0.05) is 23.5 Å². The van der Waals surface area contributed by atoms with Crippen LogP contribution in [-0.2, 0) is 20.2 Å². The number of nitrogens with one attached hydrogen (secondary N) is 2. The molecular formula is C35H26N8O13S2. The van der Waals surface area contributed by atoms with Crippen molar-refractivity contribution in [3.8, 4) is 11.5 Å². The molecule has 21 nitrogen and oxygen atoms in total. The van der Waals surface area contributed by atoms with Crippen LogP contribution in [-0.4, -0.2) is 64.3 Å². The minimum Gasteiger partial charge on any atom is -0.507 e. The van der Waals surface area contributed by atoms with Gasteiger partial charge < -0.3 is 42.5 Å². The molecule has 0 fully saturated rings. The Morgan fingerprint density at radius 2 is 0.914 bits per heavy atom. The van der Waals surface area contributed by atoms with Gasteiger partial charge in [0.25, 0.3) is 20.2 Å². The van der Waals surface area contributed by atoms with Gasteiger partial charge in [0.15, 0.2) is 0 Å². The smallest absolute Gasteiger partial charge is 0.337 e. The number of hydrogen-bond donors (Lipinski definition) is 10. The number of carboxylic acid groups (broad SMARTS) is 2. The van der Waals surface area contributed by atoms with Crippen molar-refractivity contribution in [1.29, 1.82) is 0 Å². The van der Waals surface area contributed by atoms with E-state index in [1.165, 1.54) is 36.4 Å². The number of amides is 2. The monoisotopic (exact) mass is 830 g/mol. The lowest BCUT2D eigenvalue weighted by atomic mass is 10.1. The number of anilines is 4. The van der Waals surface area contributed by atoms with Crippen molar-refractivity contribution in [2.45, 2.75) is 9.79 Å². The van der Waals surface area contributed by atoms with Crippen molar-refractivity contribution >= 4 is 105 Å². The van der Waals surface area contributed by atoms with Crippen LogP contribution in [0.25, 0.3) is 21.5 Å². The van der Waals surface area contributed by atoms with Crippen LogP contribution in [0.15, 0.2) is 115 Å². The average molecular weight is 831 g/mol. The van der Waals surface area contributed by atoms with Gasteiger partial charge in [-0.25, -0.2) is 14.4 Å². The van der Waals surface area contributed by atoms with Crippen LogP contribution in [0.4, 0.5) is 50.3 Å². The Labute approximate surface area is 325 Å². The predicted molar refractivity (Wildman–Crippen MR) is 207 cm³/mol. The zero-order valence-electron chi connectivity index (χ0n) is 28.9. The number of carbonyl (C=O) groups is 3. The molecule has 0 atom stereocenters. The molecule has 6 aromatic carbocycles. The van der Waals surface area contributed by atoms with Gasteiger partial charge in [-0.1, -0.05) is 12.1 Å². The Bertz CT molecular complexity index is 2840. The number of benzene rings is 6. The van der Waals surface area contributed by atoms with Gasteiger partial charge in [-0.3, -0.25) is 9.11 Å². The number of aromatic hydroxyl groups is 2. The molecule has 0 unspecified atom stereocenters. The average Bonchev–Trinajstić information content (AvgIpc) is 3.13. The molecule has 0 radical (unpaired) electrons. The Morgan fingerprint density at radius 3 is 1.26 bits per heavy atom. The second-order valence-electron chi connectivity index (χ2n) is 12.1. The first-order valence-corrected chi connectivity index (χ1v) is 18.8. The number of rotatable bonds is 10. The SMILES string of the molecule is Nc1ccc2cc(S(=O)(=O)O)cc(O)c2c1/N=N/c1cc(NC(=O)Nc2ccc(C(=O)O)c(/N=N/c3c(N)ccc4cc(S(=O)(=O)O)cc(O)c34)c2)ccc1C(=O)O. The first kappa shape index (κ1) is 39.9. The van der Waals surface area contributed by atoms with Crippen LogP contribution in [0.5, 0.6) is 11.5 Å². The summed E-state index contributed by atoms with van der Waals surface area (Å²) in [5, 5.41) is 61.7. The quantitative estimate of drug-likeness (QED) is 0.0380. The second-order valence-corrected chi connectivity index (χ2v) is 14.9. The number of carbonyl (C=O) groups excluding carboxylic acids is 1. The number of fused-ring (bicyclic) bond motifs is 2. The van der Waals surface area contributed by atoms with E-state index in [1.807, 2.05) is 0 Å². The van der Waals surface area contributed by atoms with Gasteiger partial charge in [-0.15, -0.1) is 20.5 Å². The molecule has 0 saturated carbocycles. The third-order valence-electron chi connectivity index (χ3n) is 8.23. The summed E-state index contributed by atoms with van der Waals surface area (Å²) in [7, 11) is -9.39. The van der Waals surface area contributed by atoms with E-state index in [1.54, 1.807) is 0 Å². The van der Waals surface area contributed by atoms with Gasteiger partial charge >= 0.3 is 18.0 Å². The number of hydrogen-bond acceptors (Lipinski definition) is 15. The maximum atomic E-state index is 13.1. The molecular weight excluding hydrogens is 805 g/mol. The van der Waals surface area contributed by atoms with Gasteiger partial charge in [0.1, 0.15) is 34.2 Å². The molecule has 23 heteroatoms. The number of urea groups is 1. The molecule has 6 rings (SSSR count). The van der Waals surface area contributed by atoms with Crippen LogP contribution >= 0.6 is 0 Å². The highest BCUT2D eigenvalue weighted by atomic mass is 32.2. The summed E-state index contributed by atoms with van der Waals surface area (Å²) >= 11 is 0. The zero-order chi connectivity index (χ0) is 42.3. The number of azo groups is 2. The molecule has 6 aromatic rings. The fraction of sp³-hybridized carbons (Fsp3) is 0. The van der Waals surface area contributed by atoms with Gasteiger partial charge in [0.2, 0.25) is 0 Å². The Balaban J connectivity index is 1.28. The summed E-state index contributed by atoms with van der Waals surface area (Å²) in [5.74, 6) is -4.13. The Morgan fingerprint density at radius 1 is 0.534 bits per heavy atom. The van der Waals surface area contributed by atoms with E-state index in [0.717, 1.165) is 48.5 Å². The van der Waals surface area contributed by atoms with Gasteiger partial charge in [-0.2, -0.15) is 16.8 Å². The second kappa shape index (κ2) is 15.1. The first-order chi connectivity index (χ1) is 27.2. The molecule has 2 amide bonds. The molecule has 0 saturated heterocycles. The summed E-state index contributed by atoms with van der Waals surface area (Å²) in [6.45, 7) is 0. The fourth-order valence-corrected chi connectivity index (χ4v) is 6.66. The summed E-state index contributed by atoms with van der Waals surface area (Å²) in [6.07, 6.45) is 0. The highest BCUT2D eigenvalue weighted by Gasteiger charge is 2.20. The fourth-order valence-electron chi connectivity index (χ4n) is 5.59. The highest BCUT2D eigenvalue weighted by molar-refractivity contribution is 7.86. The molecule has 0 spiro atoms. The van der Waals surface area contributed by atoms with Gasteiger partial charge in [-0.05, 0) is 71.4 Å². The normalized spacial score (nSPS) is 12.0. The molecule has 296 valence electrons. The largest absolute Gasteiger partial charge is 0.507 e. The Hall–Kier alpha value is -7.73. The zero-order valence-corrected chi connectivity index (χ0v) is 30.5. The van der Waals surface area contributed by atoms with E-state index in [9.17, 15) is 60.8 Å². The lowest BCUT2D eigenvalue weighted by Crippen LogP contribution is -2.19. The van der Waals surface area contributed by atoms with Crippen molar-refractivity contribution in [3.05, 3.63) is 96.1 Å². The summed E-state index contributed by atoms with van der Waals surface area (Å²) in [5.41, 5.74) is 10.3. The van der Waals surface area contributed by atoms with E-state index in [2.05, 4.69) is 31.1 Å². The minimum absolute atomic E-state index is 0.00607. The molecule has 0 aliphatic carbocycles. The van der Waals surface area contributed by atoms with Crippen LogP contribution in [0, 0.1) is 0 Å². The number of phenolic OH excluding ortho intramolecular Hbond substituents is 2. The van der Waals surface area contributed by atoms with E-state index < -0.39 is 59.5 Å². The molecule has 0 aliphatic heterocycles. The summed E-state index contributed by atoms with van der Waals surface area (Å²) in [6, 6.07) is 15.0. The summed E-state index contributed by atoms with van der Waals surface area (Å²) in [4.78, 5) is 35.9. The standard InChI is InChI=1S/C35H26N8O13S2/c36-23-7-1-15-9-19(57(51,52)53)13-27(44)29(15)31(23)42-40-25-11-17(3-5-21(25)33(46)47)38-35(50)39-18-4-6-22(34(48)49)26(12-18)41-43-32-24(37)8-2-16-10-20(58(54,55)56)14-28(45)30(16)32/h1-14,44-45H,36-37H2,(H,46,47)(H,48,49)(H2,38,39,50)(H,51,52,53)(H,54,55,56)/b42-40+,43-41+. The number of nitrogen functional groups attached to an aromatic ring is 2. The number of nitrogens with zero attached hydrogens (tertiary/aromatic N) is 4. The van der Waals surface area contributed by atoms with Crippen LogP contribution in [0.1, 0.15) is 20.7 Å². The van der Waals surface area contributed by atoms with E-state index in [-0.39, 0.29) is 78.2 Å². The summed E-state index contributed by atoms with van der Waals surface area (Å²) < 4.78 is 65.4. The number of aromatic carboxylic acids is 2. The van der Waals surface area contributed by atoms with Crippen molar-refractivity contribution in [2.75, 3.05) is 22.1 Å². The lowest BCUT2D eigenvalue weighted by molar-refractivity contribution is 0.0687. The van der Waals surface area contributed by atoms with Gasteiger partial charge in [0.05, 0.1) is 43.1 Å². The topological polar surface area (TPSA) is 366 Å². The van der Waals surface area contributed by atoms with Crippen molar-refractivity contribution in [2.24, 2.45) is 20.5 Å². The number of nitrogens with two attached hydrogens (primary N) is 2. The van der Waals surface area contributed by atoms with Crippen molar-refractivity contribution < 1.29 is 60.8 Å². The van der Waals surface area contributed by atoms with Crippen LogP contribution in [0.3, 0.4) is 0 Å². The first-order valence-electron chi connectivity index (χ1n) is 15.9. The van der Waals surface area contributed by atoms with E-state index in [0.29, 0.717) is 0 Å². The van der Waals surface area contributed by atoms with Crippen LogP contribution in [0.2, 0.25) is 0 Å². The molecule has 12 N–H and O–H groups in total. The molecule has 0 heterocycles. The maximum Gasteiger partial charge on any atom is 0.337 e.